The summed E-state index contributed by atoms with van der Waals surface area (Å²) in [4.78, 5) is 16.2. The zero-order valence-electron chi connectivity index (χ0n) is 14.3. The first-order valence-electron chi connectivity index (χ1n) is 7.71. The molecule has 0 unspecified atom stereocenters. The Morgan fingerprint density at radius 3 is 2.81 bits per heavy atom. The third kappa shape index (κ3) is 2.98. The number of nitriles is 1. The zero-order valence-corrected chi connectivity index (χ0v) is 14.3. The van der Waals surface area contributed by atoms with E-state index in [9.17, 15) is 10.1 Å². The van der Waals surface area contributed by atoms with Gasteiger partial charge in [-0.15, -0.1) is 0 Å². The predicted octanol–water partition coefficient (Wildman–Crippen LogP) is 1.97. The topological polar surface area (TPSA) is 108 Å². The molecular weight excluding hydrogens is 334 g/mol. The van der Waals surface area contributed by atoms with Gasteiger partial charge in [0.2, 0.25) is 0 Å². The van der Waals surface area contributed by atoms with E-state index in [1.165, 1.54) is 25.0 Å². The van der Waals surface area contributed by atoms with E-state index in [-0.39, 0.29) is 16.9 Å². The molecule has 0 spiro atoms. The molecule has 26 heavy (non-hydrogen) atoms. The number of methoxy groups -OCH3 is 2. The Morgan fingerprint density at radius 2 is 2.19 bits per heavy atom. The Labute approximate surface area is 150 Å². The van der Waals surface area contributed by atoms with Crippen LogP contribution in [0.4, 0.5) is 5.69 Å². The number of hydrogen-bond acceptors (Lipinski definition) is 6. The second kappa shape index (κ2) is 7.03. The van der Waals surface area contributed by atoms with Crippen LogP contribution in [0.25, 0.3) is 5.69 Å². The fourth-order valence-electron chi connectivity index (χ4n) is 2.72. The van der Waals surface area contributed by atoms with Gasteiger partial charge in [0, 0.05) is 25.1 Å². The summed E-state index contributed by atoms with van der Waals surface area (Å²) in [6.07, 6.45) is 6.77. The van der Waals surface area contributed by atoms with E-state index in [4.69, 9.17) is 15.2 Å². The smallest absolute Gasteiger partial charge is 0.357 e. The number of carbonyl (C=O) groups is 1. The first kappa shape index (κ1) is 17.1. The van der Waals surface area contributed by atoms with Gasteiger partial charge in [0.15, 0.2) is 5.69 Å². The second-order valence-electron chi connectivity index (χ2n) is 5.52. The highest BCUT2D eigenvalue weighted by molar-refractivity contribution is 5.96. The molecule has 1 aromatic carbocycles. The van der Waals surface area contributed by atoms with Gasteiger partial charge in [-0.2, -0.15) is 5.26 Å². The number of benzene rings is 1. The maximum absolute atomic E-state index is 12.2. The van der Waals surface area contributed by atoms with Crippen molar-refractivity contribution in [1.82, 2.24) is 14.1 Å². The molecule has 0 radical (unpaired) electrons. The number of hydrogen-bond donors (Lipinski definition) is 1. The number of imidazole rings is 1. The van der Waals surface area contributed by atoms with Crippen molar-refractivity contribution in [3.8, 4) is 17.5 Å². The number of nitrogens with zero attached hydrogens (tertiary/aromatic N) is 4. The van der Waals surface area contributed by atoms with Crippen molar-refractivity contribution in [3.05, 3.63) is 59.9 Å². The molecule has 0 fully saturated rings. The number of aromatic nitrogens is 3. The molecule has 3 aromatic rings. The van der Waals surface area contributed by atoms with E-state index in [2.05, 4.69) is 4.98 Å². The van der Waals surface area contributed by atoms with Crippen LogP contribution >= 0.6 is 0 Å². The van der Waals surface area contributed by atoms with Crippen molar-refractivity contribution in [2.75, 3.05) is 20.0 Å². The van der Waals surface area contributed by atoms with Gasteiger partial charge in [-0.05, 0) is 17.7 Å². The summed E-state index contributed by atoms with van der Waals surface area (Å²) in [6.45, 7) is 0.590. The number of rotatable bonds is 5. The van der Waals surface area contributed by atoms with Crippen molar-refractivity contribution in [2.45, 2.75) is 6.54 Å². The highest BCUT2D eigenvalue weighted by atomic mass is 16.5. The van der Waals surface area contributed by atoms with Crippen LogP contribution in [0.15, 0.2) is 43.1 Å². The molecule has 0 aliphatic heterocycles. The quantitative estimate of drug-likeness (QED) is 0.704. The summed E-state index contributed by atoms with van der Waals surface area (Å²) in [5, 5.41) is 9.27. The molecule has 132 valence electrons. The molecule has 0 bridgehead atoms. The summed E-state index contributed by atoms with van der Waals surface area (Å²) in [6, 6.07) is 7.56. The van der Waals surface area contributed by atoms with Crippen LogP contribution < -0.4 is 10.5 Å². The van der Waals surface area contributed by atoms with E-state index in [0.29, 0.717) is 18.0 Å². The maximum atomic E-state index is 12.2. The summed E-state index contributed by atoms with van der Waals surface area (Å²) >= 11 is 0. The van der Waals surface area contributed by atoms with Gasteiger partial charge < -0.3 is 24.3 Å². The van der Waals surface area contributed by atoms with E-state index in [0.717, 1.165) is 5.56 Å². The molecule has 8 heteroatoms. The van der Waals surface area contributed by atoms with E-state index in [1.54, 1.807) is 18.6 Å². The largest absolute Gasteiger partial charge is 0.495 e. The van der Waals surface area contributed by atoms with Gasteiger partial charge in [0.1, 0.15) is 11.8 Å². The zero-order chi connectivity index (χ0) is 18.7. The lowest BCUT2D eigenvalue weighted by atomic mass is 10.1. The van der Waals surface area contributed by atoms with E-state index >= 15 is 0 Å². The molecule has 2 aromatic heterocycles. The first-order chi connectivity index (χ1) is 12.6. The molecule has 0 atom stereocenters. The summed E-state index contributed by atoms with van der Waals surface area (Å²) < 4.78 is 13.7. The molecule has 0 saturated carbocycles. The fraction of sp³-hybridized carbons (Fsp3) is 0.167. The number of esters is 1. The highest BCUT2D eigenvalue weighted by Crippen LogP contribution is 2.31. The Kier molecular flexibility index (Phi) is 4.62. The molecule has 2 N–H and O–H groups in total. The third-order valence-corrected chi connectivity index (χ3v) is 3.97. The molecule has 8 nitrogen and oxygen atoms in total. The van der Waals surface area contributed by atoms with Crippen LogP contribution in [0.1, 0.15) is 21.6 Å². The fourth-order valence-corrected chi connectivity index (χ4v) is 2.72. The van der Waals surface area contributed by atoms with Crippen molar-refractivity contribution in [1.29, 1.82) is 5.26 Å². The van der Waals surface area contributed by atoms with Gasteiger partial charge in [0.25, 0.3) is 0 Å². The monoisotopic (exact) mass is 351 g/mol. The molecule has 0 amide bonds. The number of anilines is 1. The summed E-state index contributed by atoms with van der Waals surface area (Å²) in [5.41, 5.74) is 7.85. The van der Waals surface area contributed by atoms with Gasteiger partial charge >= 0.3 is 5.97 Å². The molecule has 0 saturated heterocycles. The SMILES string of the molecule is COC(=O)c1c(N)c(C#N)cn1-c1cc(Cn2ccnc2)ccc1OC. The highest BCUT2D eigenvalue weighted by Gasteiger charge is 2.23. The van der Waals surface area contributed by atoms with Crippen molar-refractivity contribution in [2.24, 2.45) is 0 Å². The number of nitrogen functional groups attached to an aromatic ring is 1. The number of nitrogens with two attached hydrogens (primary N) is 1. The molecule has 2 heterocycles. The number of ether oxygens (including phenoxy) is 2. The Morgan fingerprint density at radius 1 is 1.38 bits per heavy atom. The molecule has 0 aliphatic carbocycles. The van der Waals surface area contributed by atoms with Crippen LogP contribution in [0, 0.1) is 11.3 Å². The summed E-state index contributed by atoms with van der Waals surface area (Å²) in [7, 11) is 2.79. The van der Waals surface area contributed by atoms with E-state index in [1.807, 2.05) is 29.0 Å². The Hall–Kier alpha value is -3.73. The van der Waals surface area contributed by atoms with Crippen LogP contribution in [-0.4, -0.2) is 34.3 Å². The first-order valence-corrected chi connectivity index (χ1v) is 7.71. The minimum absolute atomic E-state index is 0.0708. The third-order valence-electron chi connectivity index (χ3n) is 3.97. The minimum atomic E-state index is -0.633. The molecule has 3 rings (SSSR count). The van der Waals surface area contributed by atoms with Gasteiger partial charge in [-0.25, -0.2) is 9.78 Å². The standard InChI is InChI=1S/C18H17N5O3/c1-25-15-4-3-12(9-22-6-5-21-11-22)7-14(15)23-10-13(8-19)16(20)17(23)18(24)26-2/h3-7,10-11H,9,20H2,1-2H3. The van der Waals surface area contributed by atoms with Crippen LogP contribution in [0.3, 0.4) is 0 Å². The van der Waals surface area contributed by atoms with Gasteiger partial charge in [0.05, 0.1) is 37.5 Å². The number of carbonyl (C=O) groups excluding carboxylic acids is 1. The second-order valence-corrected chi connectivity index (χ2v) is 5.52. The molecule has 0 aliphatic rings. The van der Waals surface area contributed by atoms with E-state index < -0.39 is 5.97 Å². The Bertz CT molecular complexity index is 983. The lowest BCUT2D eigenvalue weighted by Gasteiger charge is -2.14. The normalized spacial score (nSPS) is 10.3. The average molecular weight is 351 g/mol. The predicted molar refractivity (Wildman–Crippen MR) is 94.1 cm³/mol. The Balaban J connectivity index is 2.16. The summed E-state index contributed by atoms with van der Waals surface area (Å²) in [5.74, 6) is -0.102. The van der Waals surface area contributed by atoms with Crippen LogP contribution in [0.5, 0.6) is 5.75 Å². The molecular formula is C18H17N5O3. The van der Waals surface area contributed by atoms with Crippen molar-refractivity contribution in [3.63, 3.8) is 0 Å². The maximum Gasteiger partial charge on any atom is 0.357 e. The van der Waals surface area contributed by atoms with Crippen molar-refractivity contribution < 1.29 is 14.3 Å². The lowest BCUT2D eigenvalue weighted by Crippen LogP contribution is -2.12. The van der Waals surface area contributed by atoms with Crippen LogP contribution in [0.2, 0.25) is 0 Å². The van der Waals surface area contributed by atoms with Crippen molar-refractivity contribution >= 4 is 11.7 Å². The lowest BCUT2D eigenvalue weighted by molar-refractivity contribution is 0.0593. The average Bonchev–Trinajstić information content (AvgIpc) is 3.28. The van der Waals surface area contributed by atoms with Gasteiger partial charge in [-0.3, -0.25) is 0 Å². The van der Waals surface area contributed by atoms with Gasteiger partial charge in [-0.1, -0.05) is 6.07 Å². The van der Waals surface area contributed by atoms with Crippen LogP contribution in [-0.2, 0) is 11.3 Å². The minimum Gasteiger partial charge on any atom is -0.495 e.